The molecule has 14 heavy (non-hydrogen) atoms. The van der Waals surface area contributed by atoms with E-state index < -0.39 is 0 Å². The van der Waals surface area contributed by atoms with Crippen molar-refractivity contribution >= 4 is 5.90 Å². The Labute approximate surface area is 85.4 Å². The van der Waals surface area contributed by atoms with Gasteiger partial charge in [0.2, 0.25) is 0 Å². The summed E-state index contributed by atoms with van der Waals surface area (Å²) in [5, 5.41) is 7.50. The first-order valence-corrected chi connectivity index (χ1v) is 4.72. The molecular weight excluding hydrogens is 174 g/mol. The number of hydrogen-bond acceptors (Lipinski definition) is 2. The minimum Gasteiger partial charge on any atom is -0.484 e. The average Bonchev–Trinajstić information content (AvgIpc) is 2.10. The molecule has 2 heteroatoms. The molecule has 0 saturated heterocycles. The molecule has 0 aliphatic rings. The maximum atomic E-state index is 7.50. The van der Waals surface area contributed by atoms with Gasteiger partial charge in [-0.25, -0.2) is 0 Å². The number of methoxy groups -OCH3 is 1. The Morgan fingerprint density at radius 1 is 1.21 bits per heavy atom. The normalized spacial score (nSPS) is 10.0. The second kappa shape index (κ2) is 4.27. The van der Waals surface area contributed by atoms with E-state index in [0.717, 1.165) is 0 Å². The highest BCUT2D eigenvalue weighted by atomic mass is 16.5. The lowest BCUT2D eigenvalue weighted by molar-refractivity contribution is 0.390. The molecule has 1 aromatic rings. The summed E-state index contributed by atoms with van der Waals surface area (Å²) in [7, 11) is 1.54. The van der Waals surface area contributed by atoms with Crippen LogP contribution in [0.15, 0.2) is 12.1 Å². The Balaban J connectivity index is 3.02. The Kier molecular flexibility index (Phi) is 3.28. The fourth-order valence-electron chi connectivity index (χ4n) is 1.72. The highest BCUT2D eigenvalue weighted by Crippen LogP contribution is 2.17. The molecule has 0 atom stereocenters. The van der Waals surface area contributed by atoms with Crippen molar-refractivity contribution in [1.82, 2.24) is 0 Å². The topological polar surface area (TPSA) is 33.1 Å². The standard InChI is InChI=1S/C12H17NO/c1-8-5-9(2)11(10(3)6-8)7-12(13)14-4/h5-6,13H,7H2,1-4H3. The van der Waals surface area contributed by atoms with Crippen LogP contribution < -0.4 is 0 Å². The summed E-state index contributed by atoms with van der Waals surface area (Å²) < 4.78 is 4.88. The van der Waals surface area contributed by atoms with Crippen LogP contribution in [0.25, 0.3) is 0 Å². The summed E-state index contributed by atoms with van der Waals surface area (Å²) in [5.41, 5.74) is 4.96. The molecule has 0 aliphatic heterocycles. The van der Waals surface area contributed by atoms with Crippen molar-refractivity contribution in [2.45, 2.75) is 27.2 Å². The predicted octanol–water partition coefficient (Wildman–Crippen LogP) is 2.78. The average molecular weight is 191 g/mol. The van der Waals surface area contributed by atoms with Gasteiger partial charge in [-0.2, -0.15) is 0 Å². The van der Waals surface area contributed by atoms with Crippen LogP contribution in [0.5, 0.6) is 0 Å². The van der Waals surface area contributed by atoms with Gasteiger partial charge in [-0.3, -0.25) is 5.41 Å². The largest absolute Gasteiger partial charge is 0.484 e. The van der Waals surface area contributed by atoms with Crippen LogP contribution in [0.4, 0.5) is 0 Å². The molecule has 1 rings (SSSR count). The van der Waals surface area contributed by atoms with Gasteiger partial charge in [0.1, 0.15) is 0 Å². The highest BCUT2D eigenvalue weighted by Gasteiger charge is 2.06. The Morgan fingerprint density at radius 2 is 1.71 bits per heavy atom. The SMILES string of the molecule is COC(=N)Cc1c(C)cc(C)cc1C. The third-order valence-electron chi connectivity index (χ3n) is 2.42. The van der Waals surface area contributed by atoms with Crippen LogP contribution in [-0.4, -0.2) is 13.0 Å². The van der Waals surface area contributed by atoms with E-state index in [1.165, 1.54) is 22.3 Å². The minimum absolute atomic E-state index is 0.319. The van der Waals surface area contributed by atoms with Gasteiger partial charge in [-0.1, -0.05) is 17.7 Å². The first kappa shape index (κ1) is 10.8. The summed E-state index contributed by atoms with van der Waals surface area (Å²) in [6.07, 6.45) is 0.592. The summed E-state index contributed by atoms with van der Waals surface area (Å²) in [5.74, 6) is 0.319. The Morgan fingerprint density at radius 3 is 2.14 bits per heavy atom. The van der Waals surface area contributed by atoms with E-state index in [-0.39, 0.29) is 0 Å². The number of rotatable bonds is 2. The molecule has 1 N–H and O–H groups in total. The van der Waals surface area contributed by atoms with E-state index in [1.54, 1.807) is 7.11 Å². The molecular formula is C12H17NO. The molecule has 0 aliphatic carbocycles. The Bertz CT molecular complexity index is 332. The molecule has 2 nitrogen and oxygen atoms in total. The van der Waals surface area contributed by atoms with Crippen molar-refractivity contribution in [1.29, 1.82) is 5.41 Å². The Hall–Kier alpha value is -1.31. The van der Waals surface area contributed by atoms with E-state index in [4.69, 9.17) is 10.1 Å². The molecule has 0 aromatic heterocycles. The smallest absolute Gasteiger partial charge is 0.184 e. The molecule has 0 saturated carbocycles. The lowest BCUT2D eigenvalue weighted by Crippen LogP contribution is -2.06. The first-order valence-electron chi connectivity index (χ1n) is 4.72. The van der Waals surface area contributed by atoms with Gasteiger partial charge in [-0.05, 0) is 37.5 Å². The van der Waals surface area contributed by atoms with Gasteiger partial charge in [-0.15, -0.1) is 0 Å². The molecule has 76 valence electrons. The molecule has 0 fully saturated rings. The maximum Gasteiger partial charge on any atom is 0.184 e. The number of ether oxygens (including phenoxy) is 1. The predicted molar refractivity (Wildman–Crippen MR) is 59.1 cm³/mol. The van der Waals surface area contributed by atoms with Crippen LogP contribution in [0.1, 0.15) is 22.3 Å². The van der Waals surface area contributed by atoms with Gasteiger partial charge in [0.25, 0.3) is 0 Å². The molecule has 0 radical (unpaired) electrons. The van der Waals surface area contributed by atoms with E-state index in [9.17, 15) is 0 Å². The lowest BCUT2D eigenvalue weighted by Gasteiger charge is -2.11. The third kappa shape index (κ3) is 2.34. The molecule has 0 heterocycles. The molecule has 1 aromatic carbocycles. The van der Waals surface area contributed by atoms with Crippen molar-refractivity contribution in [3.05, 3.63) is 34.4 Å². The number of aryl methyl sites for hydroxylation is 3. The summed E-state index contributed by atoms with van der Waals surface area (Å²) in [6.45, 7) is 6.25. The maximum absolute atomic E-state index is 7.50. The van der Waals surface area contributed by atoms with Crippen molar-refractivity contribution in [3.63, 3.8) is 0 Å². The van der Waals surface area contributed by atoms with Crippen LogP contribution in [-0.2, 0) is 11.2 Å². The van der Waals surface area contributed by atoms with Gasteiger partial charge in [0.15, 0.2) is 5.90 Å². The van der Waals surface area contributed by atoms with Crippen molar-refractivity contribution in [2.75, 3.05) is 7.11 Å². The van der Waals surface area contributed by atoms with Crippen LogP contribution in [0.3, 0.4) is 0 Å². The monoisotopic (exact) mass is 191 g/mol. The van der Waals surface area contributed by atoms with Gasteiger partial charge < -0.3 is 4.74 Å². The van der Waals surface area contributed by atoms with E-state index >= 15 is 0 Å². The molecule has 0 amide bonds. The lowest BCUT2D eigenvalue weighted by atomic mass is 9.97. The van der Waals surface area contributed by atoms with Crippen molar-refractivity contribution in [2.24, 2.45) is 0 Å². The zero-order valence-electron chi connectivity index (χ0n) is 9.27. The molecule has 0 unspecified atom stereocenters. The fourth-order valence-corrected chi connectivity index (χ4v) is 1.72. The van der Waals surface area contributed by atoms with Gasteiger partial charge in [0, 0.05) is 6.42 Å². The first-order chi connectivity index (χ1) is 6.54. The number of hydrogen-bond donors (Lipinski definition) is 1. The van der Waals surface area contributed by atoms with Crippen LogP contribution in [0, 0.1) is 26.2 Å². The zero-order valence-corrected chi connectivity index (χ0v) is 9.27. The quantitative estimate of drug-likeness (QED) is 0.566. The van der Waals surface area contributed by atoms with Gasteiger partial charge in [0.05, 0.1) is 7.11 Å². The minimum atomic E-state index is 0.319. The van der Waals surface area contributed by atoms with Crippen molar-refractivity contribution in [3.8, 4) is 0 Å². The van der Waals surface area contributed by atoms with E-state index in [2.05, 4.69) is 32.9 Å². The van der Waals surface area contributed by atoms with E-state index in [1.807, 2.05) is 0 Å². The second-order valence-electron chi connectivity index (χ2n) is 3.68. The number of benzene rings is 1. The fraction of sp³-hybridized carbons (Fsp3) is 0.417. The summed E-state index contributed by atoms with van der Waals surface area (Å²) >= 11 is 0. The zero-order chi connectivity index (χ0) is 10.7. The van der Waals surface area contributed by atoms with E-state index in [0.29, 0.717) is 12.3 Å². The molecule has 0 bridgehead atoms. The third-order valence-corrected chi connectivity index (χ3v) is 2.42. The highest BCUT2D eigenvalue weighted by molar-refractivity contribution is 5.76. The summed E-state index contributed by atoms with van der Waals surface area (Å²) in [6, 6.07) is 4.29. The second-order valence-corrected chi connectivity index (χ2v) is 3.68. The molecule has 0 spiro atoms. The van der Waals surface area contributed by atoms with Crippen LogP contribution >= 0.6 is 0 Å². The van der Waals surface area contributed by atoms with Gasteiger partial charge >= 0.3 is 0 Å². The number of nitrogens with one attached hydrogen (secondary N) is 1. The van der Waals surface area contributed by atoms with Crippen LogP contribution in [0.2, 0.25) is 0 Å². The van der Waals surface area contributed by atoms with Crippen molar-refractivity contribution < 1.29 is 4.74 Å². The summed E-state index contributed by atoms with van der Waals surface area (Å²) in [4.78, 5) is 0.